The second kappa shape index (κ2) is 5.68. The fourth-order valence-electron chi connectivity index (χ4n) is 7.03. The summed E-state index contributed by atoms with van der Waals surface area (Å²) < 4.78 is 7.10. The van der Waals surface area contributed by atoms with Gasteiger partial charge >= 0.3 is 0 Å². The molecule has 1 N–H and O–H groups in total. The Hall–Kier alpha value is -1.13. The van der Waals surface area contributed by atoms with Gasteiger partial charge in [0, 0.05) is 15.6 Å². The summed E-state index contributed by atoms with van der Waals surface area (Å²) in [5.41, 5.74) is 2.39. The lowest BCUT2D eigenvalue weighted by Gasteiger charge is -2.65. The van der Waals surface area contributed by atoms with E-state index in [2.05, 4.69) is 40.1 Å². The van der Waals surface area contributed by atoms with Crippen LogP contribution in [-0.4, -0.2) is 10.5 Å². The molecule has 4 heteroatoms. The van der Waals surface area contributed by atoms with Crippen molar-refractivity contribution in [2.24, 2.45) is 16.7 Å². The molecule has 6 rings (SSSR count). The molecule has 0 spiro atoms. The summed E-state index contributed by atoms with van der Waals surface area (Å²) in [5, 5.41) is 3.93. The number of rotatable bonds is 4. The summed E-state index contributed by atoms with van der Waals surface area (Å²) in [7, 11) is 0. The van der Waals surface area contributed by atoms with Crippen LogP contribution < -0.4 is 5.32 Å². The molecule has 26 heavy (non-hydrogen) atoms. The molecule has 1 aromatic heterocycles. The highest BCUT2D eigenvalue weighted by atomic mass is 79.9. The number of hydrogen-bond acceptors (Lipinski definition) is 3. The molecule has 2 unspecified atom stereocenters. The van der Waals surface area contributed by atoms with Crippen molar-refractivity contribution in [2.45, 2.75) is 64.5 Å². The van der Waals surface area contributed by atoms with Gasteiger partial charge in [-0.05, 0) is 79.5 Å². The molecular weight excluding hydrogens is 388 g/mol. The van der Waals surface area contributed by atoms with Crippen molar-refractivity contribution in [1.82, 2.24) is 10.3 Å². The molecule has 4 aliphatic rings. The van der Waals surface area contributed by atoms with Gasteiger partial charge in [-0.15, -0.1) is 0 Å². The molecule has 1 heterocycles. The van der Waals surface area contributed by atoms with Gasteiger partial charge in [-0.1, -0.05) is 29.8 Å². The summed E-state index contributed by atoms with van der Waals surface area (Å²) in [6, 6.07) is 8.12. The quantitative estimate of drug-likeness (QED) is 0.671. The second-order valence-corrected chi connectivity index (χ2v) is 10.8. The van der Waals surface area contributed by atoms with E-state index in [4.69, 9.17) is 4.42 Å². The molecule has 138 valence electrons. The molecule has 2 aromatic rings. The van der Waals surface area contributed by atoms with Crippen LogP contribution in [0.1, 0.15) is 58.1 Å². The van der Waals surface area contributed by atoms with E-state index < -0.39 is 0 Å². The third kappa shape index (κ3) is 2.95. The fraction of sp³-hybridized carbons (Fsp3) is 0.591. The first-order chi connectivity index (χ1) is 12.3. The molecule has 0 aliphatic heterocycles. The number of aromatic nitrogens is 1. The SMILES string of the molecule is C[C@]12CC3CC(NCc4cnc(-c5ccc(Br)cc5)o4)(C1)C[C@@](C)(C3)C2. The van der Waals surface area contributed by atoms with E-state index in [1.807, 2.05) is 30.5 Å². The third-order valence-electron chi connectivity index (χ3n) is 6.91. The van der Waals surface area contributed by atoms with E-state index in [1.165, 1.54) is 38.5 Å². The minimum absolute atomic E-state index is 0.299. The lowest BCUT2D eigenvalue weighted by atomic mass is 9.43. The van der Waals surface area contributed by atoms with Crippen molar-refractivity contribution in [1.29, 1.82) is 0 Å². The second-order valence-electron chi connectivity index (χ2n) is 9.90. The maximum Gasteiger partial charge on any atom is 0.226 e. The lowest BCUT2D eigenvalue weighted by molar-refractivity contribution is -0.118. The van der Waals surface area contributed by atoms with Crippen molar-refractivity contribution in [3.05, 3.63) is 40.7 Å². The van der Waals surface area contributed by atoms with Gasteiger partial charge in [-0.2, -0.15) is 0 Å². The summed E-state index contributed by atoms with van der Waals surface area (Å²) >= 11 is 3.47. The zero-order valence-electron chi connectivity index (χ0n) is 15.6. The van der Waals surface area contributed by atoms with Gasteiger partial charge in [0.15, 0.2) is 0 Å². The summed E-state index contributed by atoms with van der Waals surface area (Å²) in [4.78, 5) is 4.49. The molecule has 4 saturated carbocycles. The molecule has 0 radical (unpaired) electrons. The Morgan fingerprint density at radius 3 is 2.42 bits per heavy atom. The molecule has 4 fully saturated rings. The van der Waals surface area contributed by atoms with Crippen molar-refractivity contribution in [3.8, 4) is 11.5 Å². The van der Waals surface area contributed by atoms with Crippen LogP contribution >= 0.6 is 15.9 Å². The molecule has 1 aromatic carbocycles. The highest BCUT2D eigenvalue weighted by Gasteiger charge is 2.59. The van der Waals surface area contributed by atoms with Crippen LogP contribution in [0.25, 0.3) is 11.5 Å². The third-order valence-corrected chi connectivity index (χ3v) is 7.44. The number of halogens is 1. The van der Waals surface area contributed by atoms with Gasteiger partial charge < -0.3 is 9.73 Å². The van der Waals surface area contributed by atoms with Gasteiger partial charge in [0.2, 0.25) is 5.89 Å². The summed E-state index contributed by atoms with van der Waals surface area (Å²) in [6.45, 7) is 5.82. The van der Waals surface area contributed by atoms with Crippen molar-refractivity contribution < 1.29 is 4.42 Å². The van der Waals surface area contributed by atoms with Crippen molar-refractivity contribution in [2.75, 3.05) is 0 Å². The molecular formula is C22H27BrN2O. The minimum atomic E-state index is 0.299. The maximum atomic E-state index is 6.03. The van der Waals surface area contributed by atoms with Crippen molar-refractivity contribution in [3.63, 3.8) is 0 Å². The minimum Gasteiger partial charge on any atom is -0.440 e. The Morgan fingerprint density at radius 1 is 1.08 bits per heavy atom. The molecule has 0 amide bonds. The van der Waals surface area contributed by atoms with E-state index >= 15 is 0 Å². The van der Waals surface area contributed by atoms with Gasteiger partial charge in [-0.25, -0.2) is 4.98 Å². The molecule has 4 aliphatic carbocycles. The zero-order chi connectivity index (χ0) is 18.0. The van der Waals surface area contributed by atoms with E-state index in [9.17, 15) is 0 Å². The van der Waals surface area contributed by atoms with E-state index in [0.29, 0.717) is 22.3 Å². The number of benzene rings is 1. The first-order valence-electron chi connectivity index (χ1n) is 9.80. The maximum absolute atomic E-state index is 6.03. The highest BCUT2D eigenvalue weighted by molar-refractivity contribution is 9.10. The number of hydrogen-bond donors (Lipinski definition) is 1. The van der Waals surface area contributed by atoms with E-state index in [-0.39, 0.29) is 0 Å². The molecule has 4 atom stereocenters. The largest absolute Gasteiger partial charge is 0.440 e. The van der Waals surface area contributed by atoms with Crippen LogP contribution in [0.2, 0.25) is 0 Å². The average Bonchev–Trinajstić information content (AvgIpc) is 2.99. The Kier molecular flexibility index (Phi) is 3.72. The molecule has 4 bridgehead atoms. The van der Waals surface area contributed by atoms with Gasteiger partial charge in [0.25, 0.3) is 0 Å². The number of nitrogens with zero attached hydrogens (tertiary/aromatic N) is 1. The average molecular weight is 415 g/mol. The number of oxazole rings is 1. The molecule has 0 saturated heterocycles. The van der Waals surface area contributed by atoms with Crippen LogP contribution in [0.4, 0.5) is 0 Å². The Bertz CT molecular complexity index is 809. The summed E-state index contributed by atoms with van der Waals surface area (Å²) in [6.07, 6.45) is 10.1. The predicted molar refractivity (Wildman–Crippen MR) is 107 cm³/mol. The number of nitrogens with one attached hydrogen (secondary N) is 1. The van der Waals surface area contributed by atoms with Gasteiger partial charge in [0.05, 0.1) is 12.7 Å². The van der Waals surface area contributed by atoms with Crippen LogP contribution in [0.5, 0.6) is 0 Å². The monoisotopic (exact) mass is 414 g/mol. The standard InChI is InChI=1S/C22H27BrN2O/c1-20-7-15-8-21(2,12-20)14-22(9-15,13-20)25-11-18-10-24-19(26-18)16-3-5-17(23)6-4-16/h3-6,10,15,25H,7-9,11-14H2,1-2H3/t15?,20-,21+,22?. The first-order valence-corrected chi connectivity index (χ1v) is 10.6. The van der Waals surface area contributed by atoms with Crippen LogP contribution in [0.15, 0.2) is 39.4 Å². The first kappa shape index (κ1) is 17.0. The smallest absolute Gasteiger partial charge is 0.226 e. The van der Waals surface area contributed by atoms with E-state index in [0.717, 1.165) is 28.3 Å². The van der Waals surface area contributed by atoms with Crippen molar-refractivity contribution >= 4 is 15.9 Å². The van der Waals surface area contributed by atoms with Gasteiger partial charge in [-0.3, -0.25) is 0 Å². The zero-order valence-corrected chi connectivity index (χ0v) is 17.2. The Labute approximate surface area is 164 Å². The predicted octanol–water partition coefficient (Wildman–Crippen LogP) is 5.94. The summed E-state index contributed by atoms with van der Waals surface area (Å²) in [5.74, 6) is 2.55. The van der Waals surface area contributed by atoms with Crippen LogP contribution in [-0.2, 0) is 6.54 Å². The highest BCUT2D eigenvalue weighted by Crippen LogP contribution is 2.66. The Balaban J connectivity index is 1.32. The van der Waals surface area contributed by atoms with Crippen LogP contribution in [0.3, 0.4) is 0 Å². The van der Waals surface area contributed by atoms with E-state index in [1.54, 1.807) is 0 Å². The van der Waals surface area contributed by atoms with Gasteiger partial charge in [0.1, 0.15) is 5.76 Å². The molecule has 3 nitrogen and oxygen atoms in total. The lowest BCUT2D eigenvalue weighted by Crippen LogP contribution is -2.63. The normalized spacial score (nSPS) is 38.0. The van der Waals surface area contributed by atoms with Crippen LogP contribution in [0, 0.1) is 16.7 Å². The topological polar surface area (TPSA) is 38.1 Å². The fourth-order valence-corrected chi connectivity index (χ4v) is 7.30. The Morgan fingerprint density at radius 2 is 1.77 bits per heavy atom.